The summed E-state index contributed by atoms with van der Waals surface area (Å²) in [5, 5.41) is 9.03. The minimum absolute atomic E-state index is 0.408. The molecule has 0 atom stereocenters. The lowest BCUT2D eigenvalue weighted by Crippen LogP contribution is -2.48. The van der Waals surface area contributed by atoms with Crippen molar-refractivity contribution in [1.29, 1.82) is 0 Å². The van der Waals surface area contributed by atoms with Crippen molar-refractivity contribution in [3.8, 4) is 22.9 Å². The zero-order valence-corrected chi connectivity index (χ0v) is 14.0. The number of anilines is 1. The van der Waals surface area contributed by atoms with E-state index in [4.69, 9.17) is 14.6 Å². The SMILES string of the molecule is COc1cc(-c2ccnc(N3CCN(C(=O)O)CC3)n2)cnc1OC. The number of hydrogen-bond acceptors (Lipinski definition) is 7. The molecule has 1 fully saturated rings. The number of pyridine rings is 1. The number of hydrogen-bond donors (Lipinski definition) is 1. The third kappa shape index (κ3) is 3.54. The first-order chi connectivity index (χ1) is 12.1. The Kier molecular flexibility index (Phi) is 4.82. The predicted molar refractivity (Wildman–Crippen MR) is 90.2 cm³/mol. The number of rotatable bonds is 4. The van der Waals surface area contributed by atoms with E-state index in [-0.39, 0.29) is 0 Å². The first-order valence-corrected chi connectivity index (χ1v) is 7.76. The number of amides is 1. The minimum atomic E-state index is -0.897. The molecule has 9 nitrogen and oxygen atoms in total. The van der Waals surface area contributed by atoms with Crippen LogP contribution in [0.15, 0.2) is 24.5 Å². The number of aromatic nitrogens is 3. The second kappa shape index (κ2) is 7.20. The molecule has 3 rings (SSSR count). The molecule has 0 bridgehead atoms. The number of nitrogens with zero attached hydrogens (tertiary/aromatic N) is 5. The van der Waals surface area contributed by atoms with Crippen LogP contribution in [0.4, 0.5) is 10.7 Å². The van der Waals surface area contributed by atoms with Crippen LogP contribution in [0.1, 0.15) is 0 Å². The van der Waals surface area contributed by atoms with Crippen LogP contribution in [-0.4, -0.2) is 71.5 Å². The lowest BCUT2D eigenvalue weighted by molar-refractivity contribution is 0.142. The van der Waals surface area contributed by atoms with Gasteiger partial charge in [-0.3, -0.25) is 0 Å². The van der Waals surface area contributed by atoms with Gasteiger partial charge in [-0.2, -0.15) is 0 Å². The van der Waals surface area contributed by atoms with Gasteiger partial charge in [0, 0.05) is 44.1 Å². The lowest BCUT2D eigenvalue weighted by atomic mass is 10.2. The highest BCUT2D eigenvalue weighted by Gasteiger charge is 2.22. The Morgan fingerprint density at radius 2 is 1.92 bits per heavy atom. The molecule has 3 heterocycles. The zero-order valence-electron chi connectivity index (χ0n) is 14.0. The number of ether oxygens (including phenoxy) is 2. The summed E-state index contributed by atoms with van der Waals surface area (Å²) in [6.07, 6.45) is 2.44. The van der Waals surface area contributed by atoms with Gasteiger partial charge >= 0.3 is 6.09 Å². The smallest absolute Gasteiger partial charge is 0.407 e. The van der Waals surface area contributed by atoms with Crippen molar-refractivity contribution in [2.45, 2.75) is 0 Å². The fourth-order valence-electron chi connectivity index (χ4n) is 2.63. The standard InChI is InChI=1S/C16H19N5O4/c1-24-13-9-11(10-18-14(13)25-2)12-3-4-17-15(19-12)20-5-7-21(8-6-20)16(22)23/h3-4,9-10H,5-8H2,1-2H3,(H,22,23). The van der Waals surface area contributed by atoms with Crippen molar-refractivity contribution in [3.05, 3.63) is 24.5 Å². The molecule has 25 heavy (non-hydrogen) atoms. The third-order valence-corrected chi connectivity index (χ3v) is 4.00. The first kappa shape index (κ1) is 16.7. The summed E-state index contributed by atoms with van der Waals surface area (Å²) in [6, 6.07) is 3.60. The Labute approximate surface area is 144 Å². The van der Waals surface area contributed by atoms with Gasteiger partial charge in [0.05, 0.1) is 19.9 Å². The van der Waals surface area contributed by atoms with E-state index in [9.17, 15) is 4.79 Å². The molecule has 1 N–H and O–H groups in total. The van der Waals surface area contributed by atoms with Crippen LogP contribution < -0.4 is 14.4 Å². The Bertz CT molecular complexity index is 762. The predicted octanol–water partition coefficient (Wildman–Crippen LogP) is 1.36. The van der Waals surface area contributed by atoms with Crippen molar-refractivity contribution < 1.29 is 19.4 Å². The summed E-state index contributed by atoms with van der Waals surface area (Å²) in [6.45, 7) is 1.97. The van der Waals surface area contributed by atoms with Crippen molar-refractivity contribution in [1.82, 2.24) is 19.9 Å². The van der Waals surface area contributed by atoms with Gasteiger partial charge in [0.15, 0.2) is 5.75 Å². The number of carbonyl (C=O) groups is 1. The highest BCUT2D eigenvalue weighted by Crippen LogP contribution is 2.29. The maximum atomic E-state index is 11.0. The number of piperazine rings is 1. The summed E-state index contributed by atoms with van der Waals surface area (Å²) in [7, 11) is 3.08. The average Bonchev–Trinajstić information content (AvgIpc) is 2.67. The lowest BCUT2D eigenvalue weighted by Gasteiger charge is -2.33. The zero-order chi connectivity index (χ0) is 17.8. The average molecular weight is 345 g/mol. The second-order valence-electron chi connectivity index (χ2n) is 5.43. The van der Waals surface area contributed by atoms with Gasteiger partial charge in [0.2, 0.25) is 5.95 Å². The molecule has 1 saturated heterocycles. The maximum Gasteiger partial charge on any atom is 0.407 e. The highest BCUT2D eigenvalue weighted by molar-refractivity contribution is 5.65. The van der Waals surface area contributed by atoms with Gasteiger partial charge in [0.1, 0.15) is 0 Å². The van der Waals surface area contributed by atoms with Crippen LogP contribution in [-0.2, 0) is 0 Å². The second-order valence-corrected chi connectivity index (χ2v) is 5.43. The molecule has 0 radical (unpaired) electrons. The van der Waals surface area contributed by atoms with Crippen LogP contribution in [0.25, 0.3) is 11.3 Å². The molecule has 1 aliphatic rings. The first-order valence-electron chi connectivity index (χ1n) is 7.76. The minimum Gasteiger partial charge on any atom is -0.491 e. The van der Waals surface area contributed by atoms with Crippen LogP contribution >= 0.6 is 0 Å². The molecule has 0 aliphatic carbocycles. The van der Waals surface area contributed by atoms with Crippen molar-refractivity contribution in [3.63, 3.8) is 0 Å². The Morgan fingerprint density at radius 1 is 1.16 bits per heavy atom. The molecule has 1 aliphatic heterocycles. The van der Waals surface area contributed by atoms with Gasteiger partial charge in [0.25, 0.3) is 5.88 Å². The summed E-state index contributed by atoms with van der Waals surface area (Å²) >= 11 is 0. The van der Waals surface area contributed by atoms with E-state index in [0.717, 1.165) is 5.56 Å². The molecule has 132 valence electrons. The van der Waals surface area contributed by atoms with E-state index in [2.05, 4.69) is 15.0 Å². The summed E-state index contributed by atoms with van der Waals surface area (Å²) in [4.78, 5) is 27.5. The number of carboxylic acid groups (broad SMARTS) is 1. The van der Waals surface area contributed by atoms with Crippen molar-refractivity contribution >= 4 is 12.0 Å². The van der Waals surface area contributed by atoms with E-state index in [1.165, 1.54) is 12.0 Å². The molecule has 0 spiro atoms. The van der Waals surface area contributed by atoms with Gasteiger partial charge < -0.3 is 24.4 Å². The van der Waals surface area contributed by atoms with E-state index < -0.39 is 6.09 Å². The molecule has 0 unspecified atom stereocenters. The van der Waals surface area contributed by atoms with E-state index in [1.54, 1.807) is 31.6 Å². The number of methoxy groups -OCH3 is 2. The van der Waals surface area contributed by atoms with Crippen LogP contribution in [0.3, 0.4) is 0 Å². The molecule has 1 amide bonds. The molecule has 0 aromatic carbocycles. The molecular weight excluding hydrogens is 326 g/mol. The molecule has 0 saturated carbocycles. The fraction of sp³-hybridized carbons (Fsp3) is 0.375. The van der Waals surface area contributed by atoms with E-state index in [1.807, 2.05) is 4.90 Å². The fourth-order valence-corrected chi connectivity index (χ4v) is 2.63. The summed E-state index contributed by atoms with van der Waals surface area (Å²) < 4.78 is 10.4. The van der Waals surface area contributed by atoms with Crippen LogP contribution in [0.2, 0.25) is 0 Å². The topological polar surface area (TPSA) is 101 Å². The Hall–Kier alpha value is -3.10. The van der Waals surface area contributed by atoms with E-state index >= 15 is 0 Å². The monoisotopic (exact) mass is 345 g/mol. The summed E-state index contributed by atoms with van der Waals surface area (Å²) in [5.41, 5.74) is 1.49. The normalized spacial score (nSPS) is 14.3. The van der Waals surface area contributed by atoms with Gasteiger partial charge in [-0.05, 0) is 12.1 Å². The van der Waals surface area contributed by atoms with Crippen molar-refractivity contribution in [2.75, 3.05) is 45.3 Å². The highest BCUT2D eigenvalue weighted by atomic mass is 16.5. The molecule has 2 aromatic rings. The largest absolute Gasteiger partial charge is 0.491 e. The molecular formula is C16H19N5O4. The summed E-state index contributed by atoms with van der Waals surface area (Å²) in [5.74, 6) is 1.50. The molecule has 2 aromatic heterocycles. The molecule has 9 heteroatoms. The van der Waals surface area contributed by atoms with Gasteiger partial charge in [-0.25, -0.2) is 19.7 Å². The quantitative estimate of drug-likeness (QED) is 0.886. The van der Waals surface area contributed by atoms with Crippen LogP contribution in [0, 0.1) is 0 Å². The Balaban J connectivity index is 1.81. The van der Waals surface area contributed by atoms with Gasteiger partial charge in [-0.1, -0.05) is 0 Å². The third-order valence-electron chi connectivity index (χ3n) is 4.00. The van der Waals surface area contributed by atoms with Crippen LogP contribution in [0.5, 0.6) is 11.6 Å². The Morgan fingerprint density at radius 3 is 2.56 bits per heavy atom. The van der Waals surface area contributed by atoms with E-state index in [0.29, 0.717) is 49.5 Å². The maximum absolute atomic E-state index is 11.0. The van der Waals surface area contributed by atoms with Gasteiger partial charge in [-0.15, -0.1) is 0 Å². The van der Waals surface area contributed by atoms with Crippen molar-refractivity contribution in [2.24, 2.45) is 0 Å².